The van der Waals surface area contributed by atoms with Crippen LogP contribution in [0.4, 0.5) is 0 Å². The summed E-state index contributed by atoms with van der Waals surface area (Å²) in [5.74, 6) is -0.0220. The summed E-state index contributed by atoms with van der Waals surface area (Å²) in [6.45, 7) is 2.00. The van der Waals surface area contributed by atoms with Crippen molar-refractivity contribution in [3.8, 4) is 5.69 Å². The van der Waals surface area contributed by atoms with Crippen LogP contribution in [-0.2, 0) is 12.8 Å². The van der Waals surface area contributed by atoms with Gasteiger partial charge < -0.3 is 5.32 Å². The number of carbonyl (C=O) groups excluding carboxylic acids is 1. The van der Waals surface area contributed by atoms with Gasteiger partial charge >= 0.3 is 0 Å². The van der Waals surface area contributed by atoms with Gasteiger partial charge in [-0.15, -0.1) is 0 Å². The van der Waals surface area contributed by atoms with E-state index in [4.69, 9.17) is 0 Å². The molecule has 132 valence electrons. The van der Waals surface area contributed by atoms with Crippen molar-refractivity contribution in [2.75, 3.05) is 0 Å². The molecule has 4 rings (SSSR count). The molecule has 0 radical (unpaired) electrons. The van der Waals surface area contributed by atoms with Crippen LogP contribution in [0.2, 0.25) is 0 Å². The molecular weight excluding hydrogens is 324 g/mol. The van der Waals surface area contributed by atoms with Crippen LogP contribution in [0.1, 0.15) is 52.9 Å². The minimum atomic E-state index is -0.0664. The highest BCUT2D eigenvalue weighted by atomic mass is 16.1. The minimum Gasteiger partial charge on any atom is -0.346 e. The van der Waals surface area contributed by atoms with Gasteiger partial charge in [-0.25, -0.2) is 9.67 Å². The maximum Gasteiger partial charge on any atom is 0.251 e. The molecule has 26 heavy (non-hydrogen) atoms. The Kier molecular flexibility index (Phi) is 4.52. The zero-order valence-corrected chi connectivity index (χ0v) is 14.9. The van der Waals surface area contributed by atoms with Crippen molar-refractivity contribution in [3.05, 3.63) is 77.4 Å². The van der Waals surface area contributed by atoms with Crippen LogP contribution < -0.4 is 5.32 Å². The first-order valence-corrected chi connectivity index (χ1v) is 9.08. The molecule has 1 aliphatic rings. The van der Waals surface area contributed by atoms with E-state index in [-0.39, 0.29) is 11.9 Å². The summed E-state index contributed by atoms with van der Waals surface area (Å²) in [4.78, 5) is 16.6. The molecule has 1 aromatic heterocycles. The Hall–Kier alpha value is -2.95. The number of aryl methyl sites for hydroxylation is 2. The van der Waals surface area contributed by atoms with E-state index in [2.05, 4.69) is 27.5 Å². The fraction of sp³-hybridized carbons (Fsp3) is 0.286. The third kappa shape index (κ3) is 3.38. The SMILES string of the molecule is C[C@H](NC(=O)c1ccc2c(c1)CCCC2)c1ccc(-n2cncn2)cc1. The van der Waals surface area contributed by atoms with Gasteiger partial charge in [0.25, 0.3) is 5.91 Å². The Labute approximate surface area is 153 Å². The van der Waals surface area contributed by atoms with Gasteiger partial charge in [-0.1, -0.05) is 18.2 Å². The number of carbonyl (C=O) groups is 1. The molecule has 1 aliphatic carbocycles. The maximum atomic E-state index is 12.6. The number of hydrogen-bond acceptors (Lipinski definition) is 3. The Bertz CT molecular complexity index is 900. The van der Waals surface area contributed by atoms with Crippen molar-refractivity contribution in [2.24, 2.45) is 0 Å². The standard InChI is InChI=1S/C21H22N4O/c1-15(16-8-10-20(11-9-16)25-14-22-13-23-25)24-21(26)19-7-6-17-4-2-3-5-18(17)12-19/h6-15H,2-5H2,1H3,(H,24,26)/t15-/m0/s1. The van der Waals surface area contributed by atoms with Gasteiger partial charge in [0.15, 0.2) is 0 Å². The van der Waals surface area contributed by atoms with Crippen LogP contribution >= 0.6 is 0 Å². The second-order valence-electron chi connectivity index (χ2n) is 6.82. The molecular formula is C21H22N4O. The van der Waals surface area contributed by atoms with Gasteiger partial charge in [0.2, 0.25) is 0 Å². The molecule has 0 saturated heterocycles. The largest absolute Gasteiger partial charge is 0.346 e. The highest BCUT2D eigenvalue weighted by molar-refractivity contribution is 5.94. The minimum absolute atomic E-state index is 0.0220. The van der Waals surface area contributed by atoms with Crippen molar-refractivity contribution in [3.63, 3.8) is 0 Å². The monoisotopic (exact) mass is 346 g/mol. The van der Waals surface area contributed by atoms with E-state index in [1.807, 2.05) is 37.3 Å². The lowest BCUT2D eigenvalue weighted by Crippen LogP contribution is -2.27. The normalized spacial score (nSPS) is 14.5. The molecule has 1 heterocycles. The molecule has 5 nitrogen and oxygen atoms in total. The summed E-state index contributed by atoms with van der Waals surface area (Å²) >= 11 is 0. The second kappa shape index (κ2) is 7.12. The molecule has 1 atom stereocenters. The molecule has 2 aromatic carbocycles. The van der Waals surface area contributed by atoms with Crippen LogP contribution in [0.15, 0.2) is 55.1 Å². The van der Waals surface area contributed by atoms with Crippen LogP contribution in [0.25, 0.3) is 5.69 Å². The first-order valence-electron chi connectivity index (χ1n) is 9.08. The van der Waals surface area contributed by atoms with Crippen LogP contribution in [0, 0.1) is 0 Å². The van der Waals surface area contributed by atoms with Crippen molar-refractivity contribution in [1.82, 2.24) is 20.1 Å². The molecule has 0 saturated carbocycles. The number of benzene rings is 2. The first-order chi connectivity index (χ1) is 12.7. The molecule has 3 aromatic rings. The lowest BCUT2D eigenvalue weighted by Gasteiger charge is -2.18. The van der Waals surface area contributed by atoms with Crippen molar-refractivity contribution >= 4 is 5.91 Å². The van der Waals surface area contributed by atoms with Gasteiger partial charge in [-0.3, -0.25) is 4.79 Å². The third-order valence-electron chi connectivity index (χ3n) is 5.03. The van der Waals surface area contributed by atoms with E-state index in [0.29, 0.717) is 0 Å². The number of aromatic nitrogens is 3. The summed E-state index contributed by atoms with van der Waals surface area (Å²) in [6, 6.07) is 14.0. The Morgan fingerprint density at radius 2 is 1.85 bits per heavy atom. The predicted molar refractivity (Wildman–Crippen MR) is 100 cm³/mol. The van der Waals surface area contributed by atoms with E-state index in [1.165, 1.54) is 30.3 Å². The zero-order chi connectivity index (χ0) is 17.9. The molecule has 1 N–H and O–H groups in total. The highest BCUT2D eigenvalue weighted by Crippen LogP contribution is 2.23. The fourth-order valence-electron chi connectivity index (χ4n) is 3.50. The van der Waals surface area contributed by atoms with Crippen LogP contribution in [-0.4, -0.2) is 20.7 Å². The molecule has 0 fully saturated rings. The number of nitrogens with one attached hydrogen (secondary N) is 1. The Morgan fingerprint density at radius 1 is 1.08 bits per heavy atom. The van der Waals surface area contributed by atoms with Crippen molar-refractivity contribution in [2.45, 2.75) is 38.6 Å². The molecule has 1 amide bonds. The zero-order valence-electron chi connectivity index (χ0n) is 14.9. The molecule has 0 aliphatic heterocycles. The van der Waals surface area contributed by atoms with Gasteiger partial charge in [0.1, 0.15) is 12.7 Å². The van der Waals surface area contributed by atoms with Crippen LogP contribution in [0.5, 0.6) is 0 Å². The third-order valence-corrected chi connectivity index (χ3v) is 5.03. The molecule has 0 spiro atoms. The Morgan fingerprint density at radius 3 is 2.58 bits per heavy atom. The van der Waals surface area contributed by atoms with Gasteiger partial charge in [-0.05, 0) is 73.6 Å². The quantitative estimate of drug-likeness (QED) is 0.785. The van der Waals surface area contributed by atoms with Crippen molar-refractivity contribution < 1.29 is 4.79 Å². The van der Waals surface area contributed by atoms with E-state index in [1.54, 1.807) is 11.0 Å². The lowest BCUT2D eigenvalue weighted by molar-refractivity contribution is 0.0939. The topological polar surface area (TPSA) is 59.8 Å². The number of rotatable bonds is 4. The smallest absolute Gasteiger partial charge is 0.251 e. The number of nitrogens with zero attached hydrogens (tertiary/aromatic N) is 3. The van der Waals surface area contributed by atoms with E-state index in [0.717, 1.165) is 29.7 Å². The summed E-state index contributed by atoms with van der Waals surface area (Å²) in [5, 5.41) is 7.22. The summed E-state index contributed by atoms with van der Waals surface area (Å²) in [6.07, 6.45) is 7.85. The van der Waals surface area contributed by atoms with E-state index in [9.17, 15) is 4.79 Å². The number of fused-ring (bicyclic) bond motifs is 1. The summed E-state index contributed by atoms with van der Waals surface area (Å²) < 4.78 is 1.71. The summed E-state index contributed by atoms with van der Waals surface area (Å²) in [5.41, 5.74) is 5.47. The van der Waals surface area contributed by atoms with E-state index >= 15 is 0 Å². The number of amides is 1. The fourth-order valence-corrected chi connectivity index (χ4v) is 3.50. The number of hydrogen-bond donors (Lipinski definition) is 1. The van der Waals surface area contributed by atoms with Gasteiger partial charge in [-0.2, -0.15) is 5.10 Å². The lowest BCUT2D eigenvalue weighted by atomic mass is 9.90. The maximum absolute atomic E-state index is 12.6. The molecule has 5 heteroatoms. The Balaban J connectivity index is 1.45. The average Bonchev–Trinajstić information content (AvgIpc) is 3.22. The van der Waals surface area contributed by atoms with Gasteiger partial charge in [0, 0.05) is 5.56 Å². The first kappa shape index (κ1) is 16.5. The van der Waals surface area contributed by atoms with Crippen LogP contribution in [0.3, 0.4) is 0 Å². The van der Waals surface area contributed by atoms with Crippen molar-refractivity contribution in [1.29, 1.82) is 0 Å². The average molecular weight is 346 g/mol. The summed E-state index contributed by atoms with van der Waals surface area (Å²) in [7, 11) is 0. The highest BCUT2D eigenvalue weighted by Gasteiger charge is 2.15. The van der Waals surface area contributed by atoms with E-state index < -0.39 is 0 Å². The van der Waals surface area contributed by atoms with Gasteiger partial charge in [0.05, 0.1) is 11.7 Å². The second-order valence-corrected chi connectivity index (χ2v) is 6.82. The predicted octanol–water partition coefficient (Wildman–Crippen LogP) is 3.64. The molecule has 0 unspecified atom stereocenters. The molecule has 0 bridgehead atoms.